The molecule has 0 amide bonds. The number of ether oxygens (including phenoxy) is 1. The van der Waals surface area contributed by atoms with Crippen molar-refractivity contribution in [3.8, 4) is 5.75 Å². The van der Waals surface area contributed by atoms with E-state index in [9.17, 15) is 0 Å². The van der Waals surface area contributed by atoms with Gasteiger partial charge >= 0.3 is 0 Å². The average Bonchev–Trinajstić information content (AvgIpc) is 2.75. The largest absolute Gasteiger partial charge is 0.486 e. The second-order valence-electron chi connectivity index (χ2n) is 3.64. The molecule has 3 nitrogen and oxygen atoms in total. The van der Waals surface area contributed by atoms with E-state index in [4.69, 9.17) is 20.8 Å². The fourth-order valence-electron chi connectivity index (χ4n) is 1.48. The Morgan fingerprint density at radius 3 is 2.82 bits per heavy atom. The van der Waals surface area contributed by atoms with E-state index >= 15 is 0 Å². The molecule has 2 aromatic rings. The first kappa shape index (κ1) is 12.0. The van der Waals surface area contributed by atoms with Gasteiger partial charge in [-0.2, -0.15) is 0 Å². The van der Waals surface area contributed by atoms with Crippen molar-refractivity contribution in [1.29, 1.82) is 0 Å². The van der Waals surface area contributed by atoms with Crippen LogP contribution in [-0.2, 0) is 13.2 Å². The van der Waals surface area contributed by atoms with E-state index in [-0.39, 0.29) is 0 Å². The number of hydrogen-bond donors (Lipinski definition) is 1. The Balaban J connectivity index is 1.93. The van der Waals surface area contributed by atoms with Crippen LogP contribution in [0.5, 0.6) is 5.75 Å². The zero-order valence-corrected chi connectivity index (χ0v) is 10.3. The SMILES string of the molecule is CNCc1ccc(COc2cccc(Cl)c2)o1. The van der Waals surface area contributed by atoms with Crippen LogP contribution in [0, 0.1) is 0 Å². The molecule has 1 heterocycles. The normalized spacial score (nSPS) is 10.5. The lowest BCUT2D eigenvalue weighted by Crippen LogP contribution is -2.03. The standard InChI is InChI=1S/C13H14ClNO2/c1-15-8-12-5-6-13(17-12)9-16-11-4-2-3-10(14)7-11/h2-7,15H,8-9H2,1H3. The van der Waals surface area contributed by atoms with Gasteiger partial charge in [-0.25, -0.2) is 0 Å². The maximum atomic E-state index is 5.86. The van der Waals surface area contributed by atoms with Crippen molar-refractivity contribution in [3.05, 3.63) is 52.9 Å². The summed E-state index contributed by atoms with van der Waals surface area (Å²) in [4.78, 5) is 0. The van der Waals surface area contributed by atoms with Crippen molar-refractivity contribution < 1.29 is 9.15 Å². The van der Waals surface area contributed by atoms with E-state index in [1.165, 1.54) is 0 Å². The summed E-state index contributed by atoms with van der Waals surface area (Å²) in [7, 11) is 1.88. The summed E-state index contributed by atoms with van der Waals surface area (Å²) in [6.07, 6.45) is 0. The lowest BCUT2D eigenvalue weighted by Gasteiger charge is -2.04. The Morgan fingerprint density at radius 2 is 2.06 bits per heavy atom. The maximum absolute atomic E-state index is 5.86. The van der Waals surface area contributed by atoms with Crippen molar-refractivity contribution >= 4 is 11.6 Å². The third-order valence-electron chi connectivity index (χ3n) is 2.25. The van der Waals surface area contributed by atoms with Gasteiger partial charge in [0.2, 0.25) is 0 Å². The minimum Gasteiger partial charge on any atom is -0.486 e. The number of furan rings is 1. The summed E-state index contributed by atoms with van der Waals surface area (Å²) in [5.41, 5.74) is 0. The zero-order valence-electron chi connectivity index (χ0n) is 9.57. The molecule has 0 atom stereocenters. The molecule has 0 bridgehead atoms. The van der Waals surface area contributed by atoms with Crippen molar-refractivity contribution in [2.24, 2.45) is 0 Å². The fourth-order valence-corrected chi connectivity index (χ4v) is 1.66. The van der Waals surface area contributed by atoms with Gasteiger partial charge in [-0.3, -0.25) is 0 Å². The summed E-state index contributed by atoms with van der Waals surface area (Å²) in [6.45, 7) is 1.13. The van der Waals surface area contributed by atoms with E-state index in [0.717, 1.165) is 23.8 Å². The van der Waals surface area contributed by atoms with Gasteiger partial charge in [0.1, 0.15) is 23.9 Å². The number of halogens is 1. The molecule has 0 fully saturated rings. The Labute approximate surface area is 105 Å². The van der Waals surface area contributed by atoms with Gasteiger partial charge in [0.15, 0.2) is 0 Å². The minimum atomic E-state index is 0.407. The van der Waals surface area contributed by atoms with Gasteiger partial charge in [0.25, 0.3) is 0 Å². The lowest BCUT2D eigenvalue weighted by atomic mass is 10.3. The molecule has 0 spiro atoms. The Bertz CT molecular complexity index is 482. The molecule has 90 valence electrons. The maximum Gasteiger partial charge on any atom is 0.146 e. The van der Waals surface area contributed by atoms with Gasteiger partial charge in [-0.05, 0) is 37.4 Å². The van der Waals surface area contributed by atoms with Crippen molar-refractivity contribution in [2.45, 2.75) is 13.2 Å². The van der Waals surface area contributed by atoms with Crippen LogP contribution < -0.4 is 10.1 Å². The van der Waals surface area contributed by atoms with E-state index in [2.05, 4.69) is 5.32 Å². The van der Waals surface area contributed by atoms with Gasteiger partial charge in [-0.1, -0.05) is 17.7 Å². The van der Waals surface area contributed by atoms with Crippen LogP contribution in [0.3, 0.4) is 0 Å². The topological polar surface area (TPSA) is 34.4 Å². The molecule has 0 unspecified atom stereocenters. The number of hydrogen-bond acceptors (Lipinski definition) is 3. The second-order valence-corrected chi connectivity index (χ2v) is 4.08. The van der Waals surface area contributed by atoms with Gasteiger partial charge in [0.05, 0.1) is 6.54 Å². The number of benzene rings is 1. The first-order valence-corrected chi connectivity index (χ1v) is 5.76. The monoisotopic (exact) mass is 251 g/mol. The second kappa shape index (κ2) is 5.75. The van der Waals surface area contributed by atoms with Crippen molar-refractivity contribution in [3.63, 3.8) is 0 Å². The van der Waals surface area contributed by atoms with Crippen molar-refractivity contribution in [1.82, 2.24) is 5.32 Å². The molecular formula is C13H14ClNO2. The van der Waals surface area contributed by atoms with Crippen LogP contribution in [0.4, 0.5) is 0 Å². The summed E-state index contributed by atoms with van der Waals surface area (Å²) >= 11 is 5.86. The van der Waals surface area contributed by atoms with Crippen LogP contribution in [0.2, 0.25) is 5.02 Å². The first-order chi connectivity index (χ1) is 8.28. The highest BCUT2D eigenvalue weighted by Gasteiger charge is 2.02. The van der Waals surface area contributed by atoms with Crippen LogP contribution in [-0.4, -0.2) is 7.05 Å². The quantitative estimate of drug-likeness (QED) is 0.886. The van der Waals surface area contributed by atoms with Gasteiger partial charge in [-0.15, -0.1) is 0 Å². The van der Waals surface area contributed by atoms with E-state index in [1.54, 1.807) is 6.07 Å². The summed E-state index contributed by atoms with van der Waals surface area (Å²) in [5, 5.41) is 3.69. The number of nitrogens with one attached hydrogen (secondary N) is 1. The molecule has 0 aliphatic heterocycles. The molecule has 17 heavy (non-hydrogen) atoms. The minimum absolute atomic E-state index is 0.407. The first-order valence-electron chi connectivity index (χ1n) is 5.38. The van der Waals surface area contributed by atoms with Gasteiger partial charge in [0, 0.05) is 5.02 Å². The molecule has 4 heteroatoms. The predicted octanol–water partition coefficient (Wildman–Crippen LogP) is 3.23. The highest BCUT2D eigenvalue weighted by Crippen LogP contribution is 2.18. The molecule has 0 saturated heterocycles. The fraction of sp³-hybridized carbons (Fsp3) is 0.231. The van der Waals surface area contributed by atoms with E-state index < -0.39 is 0 Å². The average molecular weight is 252 g/mol. The van der Waals surface area contributed by atoms with E-state index in [0.29, 0.717) is 11.6 Å². The third kappa shape index (κ3) is 3.51. The Kier molecular flexibility index (Phi) is 4.07. The highest BCUT2D eigenvalue weighted by atomic mass is 35.5. The van der Waals surface area contributed by atoms with Gasteiger partial charge < -0.3 is 14.5 Å². The van der Waals surface area contributed by atoms with Crippen LogP contribution in [0.25, 0.3) is 0 Å². The molecule has 0 radical (unpaired) electrons. The van der Waals surface area contributed by atoms with Crippen LogP contribution in [0.15, 0.2) is 40.8 Å². The molecule has 2 rings (SSSR count). The molecule has 1 aromatic heterocycles. The summed E-state index contributed by atoms with van der Waals surface area (Å²) < 4.78 is 11.1. The Hall–Kier alpha value is -1.45. The highest BCUT2D eigenvalue weighted by molar-refractivity contribution is 6.30. The zero-order chi connectivity index (χ0) is 12.1. The summed E-state index contributed by atoms with van der Waals surface area (Å²) in [5.74, 6) is 2.44. The predicted molar refractivity (Wildman–Crippen MR) is 67.3 cm³/mol. The third-order valence-corrected chi connectivity index (χ3v) is 2.48. The molecule has 1 N–H and O–H groups in total. The lowest BCUT2D eigenvalue weighted by molar-refractivity contribution is 0.265. The molecule has 0 aliphatic carbocycles. The van der Waals surface area contributed by atoms with Crippen LogP contribution >= 0.6 is 11.6 Å². The molecular weight excluding hydrogens is 238 g/mol. The Morgan fingerprint density at radius 1 is 1.24 bits per heavy atom. The summed E-state index contributed by atoms with van der Waals surface area (Å²) in [6, 6.07) is 11.2. The molecule has 0 saturated carbocycles. The molecule has 0 aliphatic rings. The van der Waals surface area contributed by atoms with Crippen LogP contribution in [0.1, 0.15) is 11.5 Å². The van der Waals surface area contributed by atoms with Crippen molar-refractivity contribution in [2.75, 3.05) is 7.05 Å². The molecule has 1 aromatic carbocycles. The van der Waals surface area contributed by atoms with E-state index in [1.807, 2.05) is 37.4 Å². The number of rotatable bonds is 5. The smallest absolute Gasteiger partial charge is 0.146 e.